The van der Waals surface area contributed by atoms with Crippen molar-refractivity contribution >= 4 is 29.3 Å². The summed E-state index contributed by atoms with van der Waals surface area (Å²) >= 11 is 1.75. The number of carbonyl (C=O) groups is 2. The van der Waals surface area contributed by atoms with E-state index >= 15 is 0 Å². The second-order valence-electron chi connectivity index (χ2n) is 6.44. The molecule has 2 rings (SSSR count). The van der Waals surface area contributed by atoms with Gasteiger partial charge in [-0.15, -0.1) is 0 Å². The van der Waals surface area contributed by atoms with Gasteiger partial charge in [0.15, 0.2) is 0 Å². The molecular weight excluding hydrogens is 370 g/mol. The molecule has 2 amide bonds. The maximum atomic E-state index is 12.4. The molecule has 0 saturated heterocycles. The number of rotatable bonds is 10. The van der Waals surface area contributed by atoms with Gasteiger partial charge in [-0.1, -0.05) is 26.0 Å². The molecule has 0 bridgehead atoms. The number of likely N-dealkylation sites (N-methyl/N-ethyl adjacent to an activating group) is 1. The van der Waals surface area contributed by atoms with Gasteiger partial charge in [-0.05, 0) is 61.3 Å². The Labute approximate surface area is 171 Å². The van der Waals surface area contributed by atoms with Crippen molar-refractivity contribution in [2.24, 2.45) is 0 Å². The first-order valence-corrected chi connectivity index (χ1v) is 11.0. The first-order valence-electron chi connectivity index (χ1n) is 9.57. The molecule has 2 aromatic carbocycles. The van der Waals surface area contributed by atoms with E-state index in [1.807, 2.05) is 24.3 Å². The lowest BCUT2D eigenvalue weighted by Crippen LogP contribution is -2.34. The van der Waals surface area contributed by atoms with Crippen LogP contribution in [0.2, 0.25) is 0 Å². The fraction of sp³-hybridized carbons (Fsp3) is 0.364. The van der Waals surface area contributed by atoms with Crippen molar-refractivity contribution in [2.75, 3.05) is 37.8 Å². The zero-order valence-corrected chi connectivity index (χ0v) is 17.6. The highest BCUT2D eigenvalue weighted by Gasteiger charge is 2.09. The van der Waals surface area contributed by atoms with Crippen LogP contribution in [0.1, 0.15) is 40.1 Å². The highest BCUT2D eigenvalue weighted by Crippen LogP contribution is 2.14. The van der Waals surface area contributed by atoms with Gasteiger partial charge < -0.3 is 15.5 Å². The highest BCUT2D eigenvalue weighted by atomic mass is 32.2. The van der Waals surface area contributed by atoms with Gasteiger partial charge in [0, 0.05) is 35.7 Å². The van der Waals surface area contributed by atoms with E-state index in [4.69, 9.17) is 0 Å². The van der Waals surface area contributed by atoms with Crippen LogP contribution in [0, 0.1) is 0 Å². The number of carbonyl (C=O) groups excluding carboxylic acids is 2. The van der Waals surface area contributed by atoms with Crippen LogP contribution in [0.5, 0.6) is 0 Å². The summed E-state index contributed by atoms with van der Waals surface area (Å²) in [5, 5.41) is 5.80. The monoisotopic (exact) mass is 399 g/mol. The van der Waals surface area contributed by atoms with Crippen LogP contribution in [0.4, 0.5) is 5.69 Å². The third kappa shape index (κ3) is 6.69. The number of nitrogens with one attached hydrogen (secondary N) is 2. The van der Waals surface area contributed by atoms with E-state index in [1.54, 1.807) is 36.0 Å². The molecule has 0 heterocycles. The van der Waals surface area contributed by atoms with Crippen LogP contribution in [0.15, 0.2) is 48.5 Å². The largest absolute Gasteiger partial charge is 0.351 e. The van der Waals surface area contributed by atoms with E-state index in [0.29, 0.717) is 23.4 Å². The zero-order valence-electron chi connectivity index (χ0n) is 16.8. The lowest BCUT2D eigenvalue weighted by atomic mass is 10.1. The Morgan fingerprint density at radius 1 is 0.893 bits per heavy atom. The Morgan fingerprint density at radius 3 is 2.04 bits per heavy atom. The van der Waals surface area contributed by atoms with E-state index in [0.717, 1.165) is 25.4 Å². The van der Waals surface area contributed by atoms with Gasteiger partial charge in [0.2, 0.25) is 0 Å². The first-order chi connectivity index (χ1) is 13.6. The molecule has 6 heteroatoms. The van der Waals surface area contributed by atoms with Gasteiger partial charge in [-0.3, -0.25) is 9.59 Å². The molecule has 2 N–H and O–H groups in total. The molecule has 0 saturated carbocycles. The molecule has 5 nitrogen and oxygen atoms in total. The molecule has 0 spiro atoms. The molecule has 0 unspecified atom stereocenters. The Morgan fingerprint density at radius 2 is 1.46 bits per heavy atom. The standard InChI is InChI=1S/C22H29N3O2S/c1-4-25(5-2)15-14-23-21(26)18-10-12-20(13-11-18)24-22(27)19-8-6-17(7-9-19)16-28-3/h6-13H,4-5,14-16H2,1-3H3,(H,23,26)(H,24,27). The predicted molar refractivity (Wildman–Crippen MR) is 118 cm³/mol. The predicted octanol–water partition coefficient (Wildman–Crippen LogP) is 3.87. The Hall–Kier alpha value is -2.31. The lowest BCUT2D eigenvalue weighted by Gasteiger charge is -2.18. The number of thioether (sulfide) groups is 1. The molecule has 0 aliphatic heterocycles. The summed E-state index contributed by atoms with van der Waals surface area (Å²) in [6.45, 7) is 7.62. The Kier molecular flexibility index (Phi) is 9.04. The minimum absolute atomic E-state index is 0.102. The van der Waals surface area contributed by atoms with Gasteiger partial charge >= 0.3 is 0 Å². The minimum Gasteiger partial charge on any atom is -0.351 e. The summed E-state index contributed by atoms with van der Waals surface area (Å²) in [4.78, 5) is 26.8. The highest BCUT2D eigenvalue weighted by molar-refractivity contribution is 7.97. The van der Waals surface area contributed by atoms with Crippen molar-refractivity contribution in [1.29, 1.82) is 0 Å². The summed E-state index contributed by atoms with van der Waals surface area (Å²) in [6.07, 6.45) is 2.05. The van der Waals surface area contributed by atoms with Crippen molar-refractivity contribution in [3.05, 3.63) is 65.2 Å². The van der Waals surface area contributed by atoms with Gasteiger partial charge in [0.25, 0.3) is 11.8 Å². The van der Waals surface area contributed by atoms with E-state index in [2.05, 4.69) is 35.6 Å². The normalized spacial score (nSPS) is 10.7. The number of benzene rings is 2. The molecule has 28 heavy (non-hydrogen) atoms. The van der Waals surface area contributed by atoms with Crippen molar-refractivity contribution in [2.45, 2.75) is 19.6 Å². The number of anilines is 1. The van der Waals surface area contributed by atoms with Crippen molar-refractivity contribution < 1.29 is 9.59 Å². The van der Waals surface area contributed by atoms with Crippen molar-refractivity contribution in [3.8, 4) is 0 Å². The SMILES string of the molecule is CCN(CC)CCNC(=O)c1ccc(NC(=O)c2ccc(CSC)cc2)cc1. The molecule has 0 aromatic heterocycles. The number of hydrogen-bond donors (Lipinski definition) is 2. The quantitative estimate of drug-likeness (QED) is 0.637. The maximum Gasteiger partial charge on any atom is 0.255 e. The minimum atomic E-state index is -0.160. The molecule has 0 fully saturated rings. The fourth-order valence-corrected chi connectivity index (χ4v) is 3.32. The summed E-state index contributed by atoms with van der Waals surface area (Å²) in [5.74, 6) is 0.668. The summed E-state index contributed by atoms with van der Waals surface area (Å²) in [6, 6.07) is 14.6. The van der Waals surface area contributed by atoms with Crippen LogP contribution >= 0.6 is 11.8 Å². The van der Waals surface area contributed by atoms with Gasteiger partial charge in [0.05, 0.1) is 0 Å². The number of hydrogen-bond acceptors (Lipinski definition) is 4. The summed E-state index contributed by atoms with van der Waals surface area (Å²) in [5.41, 5.74) is 3.06. The molecule has 0 atom stereocenters. The molecule has 0 aliphatic rings. The van der Waals surface area contributed by atoms with Crippen LogP contribution in [0.25, 0.3) is 0 Å². The Bertz CT molecular complexity index is 756. The first kappa shape index (κ1) is 22.0. The van der Waals surface area contributed by atoms with Gasteiger partial charge in [-0.25, -0.2) is 0 Å². The van der Waals surface area contributed by atoms with E-state index in [-0.39, 0.29) is 11.8 Å². The zero-order chi connectivity index (χ0) is 20.4. The van der Waals surface area contributed by atoms with Crippen LogP contribution < -0.4 is 10.6 Å². The number of nitrogens with zero attached hydrogens (tertiary/aromatic N) is 1. The van der Waals surface area contributed by atoms with E-state index < -0.39 is 0 Å². The second kappa shape index (κ2) is 11.5. The molecule has 0 radical (unpaired) electrons. The summed E-state index contributed by atoms with van der Waals surface area (Å²) in [7, 11) is 0. The van der Waals surface area contributed by atoms with Crippen LogP contribution in [-0.4, -0.2) is 49.1 Å². The molecular formula is C22H29N3O2S. The van der Waals surface area contributed by atoms with E-state index in [9.17, 15) is 9.59 Å². The topological polar surface area (TPSA) is 61.4 Å². The molecule has 150 valence electrons. The lowest BCUT2D eigenvalue weighted by molar-refractivity contribution is 0.0948. The van der Waals surface area contributed by atoms with Crippen molar-refractivity contribution in [1.82, 2.24) is 10.2 Å². The van der Waals surface area contributed by atoms with Crippen LogP contribution in [0.3, 0.4) is 0 Å². The van der Waals surface area contributed by atoms with Gasteiger partial charge in [0.1, 0.15) is 0 Å². The van der Waals surface area contributed by atoms with Crippen molar-refractivity contribution in [3.63, 3.8) is 0 Å². The average Bonchev–Trinajstić information content (AvgIpc) is 2.72. The fourth-order valence-electron chi connectivity index (χ4n) is 2.80. The average molecular weight is 400 g/mol. The third-order valence-electron chi connectivity index (χ3n) is 4.54. The van der Waals surface area contributed by atoms with Crippen LogP contribution in [-0.2, 0) is 5.75 Å². The number of amides is 2. The Balaban J connectivity index is 1.87. The molecule has 0 aliphatic carbocycles. The van der Waals surface area contributed by atoms with E-state index in [1.165, 1.54) is 5.56 Å². The molecule has 2 aromatic rings. The maximum absolute atomic E-state index is 12.4. The second-order valence-corrected chi connectivity index (χ2v) is 7.31. The summed E-state index contributed by atoms with van der Waals surface area (Å²) < 4.78 is 0. The smallest absolute Gasteiger partial charge is 0.255 e. The van der Waals surface area contributed by atoms with Gasteiger partial charge in [-0.2, -0.15) is 11.8 Å². The third-order valence-corrected chi connectivity index (χ3v) is 5.16.